The zero-order valence-electron chi connectivity index (χ0n) is 12.0. The minimum atomic E-state index is -2.67. The molecule has 2 aromatic rings. The molecule has 1 aliphatic carbocycles. The normalized spacial score (nSPS) is 14.3. The van der Waals surface area contributed by atoms with Gasteiger partial charge in [-0.1, -0.05) is 11.6 Å². The van der Waals surface area contributed by atoms with Gasteiger partial charge in [0.05, 0.1) is 5.69 Å². The Bertz CT molecular complexity index is 744. The first-order valence-corrected chi connectivity index (χ1v) is 7.46. The van der Waals surface area contributed by atoms with Crippen LogP contribution in [0.5, 0.6) is 5.75 Å². The molecule has 1 aliphatic rings. The van der Waals surface area contributed by atoms with Gasteiger partial charge in [-0.25, -0.2) is 8.78 Å². The number of aromatic nitrogens is 2. The summed E-state index contributed by atoms with van der Waals surface area (Å²) in [6.45, 7) is -0.204. The molecule has 0 aliphatic heterocycles. The number of phenols is 1. The van der Waals surface area contributed by atoms with E-state index in [-0.39, 0.29) is 29.6 Å². The number of phenolic OH excluding ortho intramolecular Hbond substituents is 1. The first-order valence-electron chi connectivity index (χ1n) is 7.08. The van der Waals surface area contributed by atoms with Crippen molar-refractivity contribution in [3.63, 3.8) is 0 Å². The summed E-state index contributed by atoms with van der Waals surface area (Å²) in [7, 11) is 0. The highest BCUT2D eigenvalue weighted by Gasteiger charge is 2.30. The third-order valence-corrected chi connectivity index (χ3v) is 3.81. The number of nitrogens with one attached hydrogen (secondary N) is 1. The smallest absolute Gasteiger partial charge is 0.282 e. The summed E-state index contributed by atoms with van der Waals surface area (Å²) in [4.78, 5) is 12.1. The van der Waals surface area contributed by atoms with Crippen LogP contribution in [-0.4, -0.2) is 20.8 Å². The Kier molecular flexibility index (Phi) is 4.21. The number of aromatic hydroxyl groups is 1. The van der Waals surface area contributed by atoms with Crippen LogP contribution in [0.2, 0.25) is 5.02 Å². The Morgan fingerprint density at radius 1 is 1.43 bits per heavy atom. The molecule has 23 heavy (non-hydrogen) atoms. The minimum absolute atomic E-state index is 0.126. The summed E-state index contributed by atoms with van der Waals surface area (Å²) in [5, 5.41) is 16.4. The largest absolute Gasteiger partial charge is 0.506 e. The van der Waals surface area contributed by atoms with Crippen molar-refractivity contribution in [1.82, 2.24) is 9.78 Å². The van der Waals surface area contributed by atoms with E-state index in [1.807, 2.05) is 0 Å². The number of anilines is 1. The number of hydrogen-bond donors (Lipinski definition) is 2. The van der Waals surface area contributed by atoms with Crippen molar-refractivity contribution in [3.8, 4) is 5.75 Å². The second-order valence-electron chi connectivity index (χ2n) is 5.44. The number of carbonyl (C=O) groups is 1. The van der Waals surface area contributed by atoms with Gasteiger partial charge in [-0.3, -0.25) is 9.48 Å². The van der Waals surface area contributed by atoms with Gasteiger partial charge in [0.2, 0.25) is 5.91 Å². The van der Waals surface area contributed by atoms with Crippen molar-refractivity contribution in [1.29, 1.82) is 0 Å². The van der Waals surface area contributed by atoms with Crippen molar-refractivity contribution in [3.05, 3.63) is 40.7 Å². The van der Waals surface area contributed by atoms with E-state index in [1.54, 1.807) is 0 Å². The number of hydrogen-bond acceptors (Lipinski definition) is 3. The van der Waals surface area contributed by atoms with E-state index in [9.17, 15) is 18.7 Å². The molecule has 0 saturated heterocycles. The van der Waals surface area contributed by atoms with Crippen LogP contribution in [0.3, 0.4) is 0 Å². The Hall–Kier alpha value is -2.15. The molecule has 0 bridgehead atoms. The number of benzene rings is 1. The van der Waals surface area contributed by atoms with Gasteiger partial charge in [0.1, 0.15) is 18.0 Å². The van der Waals surface area contributed by atoms with Crippen LogP contribution in [0.1, 0.15) is 36.6 Å². The predicted octanol–water partition coefficient (Wildman–Crippen LogP) is 3.70. The number of carbonyl (C=O) groups excluding carboxylic acids is 1. The molecule has 1 amide bonds. The predicted molar refractivity (Wildman–Crippen MR) is 80.9 cm³/mol. The van der Waals surface area contributed by atoms with Crippen LogP contribution < -0.4 is 5.32 Å². The first-order chi connectivity index (χ1) is 10.9. The zero-order chi connectivity index (χ0) is 16.6. The molecule has 1 aromatic heterocycles. The Labute approximate surface area is 135 Å². The molecule has 3 rings (SSSR count). The summed E-state index contributed by atoms with van der Waals surface area (Å²) in [5.74, 6) is -0.422. The van der Waals surface area contributed by atoms with E-state index >= 15 is 0 Å². The molecule has 122 valence electrons. The lowest BCUT2D eigenvalue weighted by Crippen LogP contribution is -2.21. The second-order valence-corrected chi connectivity index (χ2v) is 5.87. The van der Waals surface area contributed by atoms with Crippen molar-refractivity contribution >= 4 is 23.2 Å². The third kappa shape index (κ3) is 3.61. The van der Waals surface area contributed by atoms with Gasteiger partial charge >= 0.3 is 0 Å². The number of halogens is 3. The van der Waals surface area contributed by atoms with Gasteiger partial charge in [-0.15, -0.1) is 0 Å². The molecule has 0 unspecified atom stereocenters. The van der Waals surface area contributed by atoms with Crippen LogP contribution in [0.4, 0.5) is 14.5 Å². The maximum Gasteiger partial charge on any atom is 0.282 e. The molecule has 0 atom stereocenters. The molecule has 5 nitrogen and oxygen atoms in total. The van der Waals surface area contributed by atoms with Crippen LogP contribution >= 0.6 is 11.6 Å². The van der Waals surface area contributed by atoms with Gasteiger partial charge in [0.15, 0.2) is 0 Å². The van der Waals surface area contributed by atoms with Crippen molar-refractivity contribution in [2.75, 3.05) is 5.32 Å². The first kappa shape index (κ1) is 15.7. The molecular weight excluding hydrogens is 328 g/mol. The lowest BCUT2D eigenvalue weighted by atomic mass is 10.2. The van der Waals surface area contributed by atoms with Crippen LogP contribution in [0.25, 0.3) is 0 Å². The summed E-state index contributed by atoms with van der Waals surface area (Å²) in [6.07, 6.45) is -0.857. The van der Waals surface area contributed by atoms with Crippen LogP contribution in [-0.2, 0) is 11.3 Å². The van der Waals surface area contributed by atoms with E-state index in [4.69, 9.17) is 11.6 Å². The maximum absolute atomic E-state index is 12.8. The molecule has 1 aromatic carbocycles. The number of amides is 1. The van der Waals surface area contributed by atoms with Gasteiger partial charge in [-0.05, 0) is 37.1 Å². The summed E-state index contributed by atoms with van der Waals surface area (Å²) < 4.78 is 26.9. The Balaban J connectivity index is 1.76. The third-order valence-electron chi connectivity index (χ3n) is 3.58. The molecule has 1 fully saturated rings. The molecule has 1 heterocycles. The summed E-state index contributed by atoms with van der Waals surface area (Å²) in [6, 6.07) is 5.60. The number of alkyl halides is 2. The van der Waals surface area contributed by atoms with Gasteiger partial charge in [-0.2, -0.15) is 5.10 Å². The lowest BCUT2D eigenvalue weighted by Gasteiger charge is -2.09. The molecule has 8 heteroatoms. The summed E-state index contributed by atoms with van der Waals surface area (Å²) in [5.41, 5.74) is 0.479. The summed E-state index contributed by atoms with van der Waals surface area (Å²) >= 11 is 5.81. The van der Waals surface area contributed by atoms with E-state index < -0.39 is 12.3 Å². The highest BCUT2D eigenvalue weighted by atomic mass is 35.5. The zero-order valence-corrected chi connectivity index (χ0v) is 12.7. The average Bonchev–Trinajstić information content (AvgIpc) is 3.24. The standard InChI is InChI=1S/C15H14ClF2N3O2/c16-9-3-4-13(22)10(5-9)19-14(23)7-21-12(8-1-2-8)6-11(20-21)15(17)18/h3-6,8,15,22H,1-2,7H2,(H,19,23). The van der Waals surface area contributed by atoms with Gasteiger partial charge in [0, 0.05) is 16.6 Å². The highest BCUT2D eigenvalue weighted by molar-refractivity contribution is 6.31. The number of rotatable bonds is 5. The molecule has 0 radical (unpaired) electrons. The molecule has 1 saturated carbocycles. The van der Waals surface area contributed by atoms with E-state index in [0.717, 1.165) is 12.8 Å². The quantitative estimate of drug-likeness (QED) is 0.815. The Morgan fingerprint density at radius 2 is 2.17 bits per heavy atom. The fourth-order valence-corrected chi connectivity index (χ4v) is 2.50. The number of nitrogens with zero attached hydrogens (tertiary/aromatic N) is 2. The average molecular weight is 342 g/mol. The Morgan fingerprint density at radius 3 is 2.83 bits per heavy atom. The highest BCUT2D eigenvalue weighted by Crippen LogP contribution is 2.41. The fourth-order valence-electron chi connectivity index (χ4n) is 2.33. The SMILES string of the molecule is O=C(Cn1nc(C(F)F)cc1C1CC1)Nc1cc(Cl)ccc1O. The van der Waals surface area contributed by atoms with E-state index in [1.165, 1.54) is 28.9 Å². The fraction of sp³-hybridized carbons (Fsp3) is 0.333. The lowest BCUT2D eigenvalue weighted by molar-refractivity contribution is -0.117. The molecule has 0 spiro atoms. The van der Waals surface area contributed by atoms with Crippen molar-refractivity contribution < 1.29 is 18.7 Å². The van der Waals surface area contributed by atoms with Crippen LogP contribution in [0, 0.1) is 0 Å². The van der Waals surface area contributed by atoms with E-state index in [2.05, 4.69) is 10.4 Å². The molecule has 2 N–H and O–H groups in total. The van der Waals surface area contributed by atoms with Crippen molar-refractivity contribution in [2.45, 2.75) is 31.7 Å². The van der Waals surface area contributed by atoms with Crippen molar-refractivity contribution in [2.24, 2.45) is 0 Å². The van der Waals surface area contributed by atoms with Gasteiger partial charge in [0.25, 0.3) is 6.43 Å². The second kappa shape index (κ2) is 6.16. The minimum Gasteiger partial charge on any atom is -0.506 e. The topological polar surface area (TPSA) is 67.2 Å². The van der Waals surface area contributed by atoms with E-state index in [0.29, 0.717) is 10.7 Å². The monoisotopic (exact) mass is 341 g/mol. The maximum atomic E-state index is 12.8. The molecular formula is C15H14ClF2N3O2. The van der Waals surface area contributed by atoms with Crippen LogP contribution in [0.15, 0.2) is 24.3 Å². The van der Waals surface area contributed by atoms with Gasteiger partial charge < -0.3 is 10.4 Å².